The predicted molar refractivity (Wildman–Crippen MR) is 134 cm³/mol. The largest absolute Gasteiger partial charge is 0.493 e. The van der Waals surface area contributed by atoms with Gasteiger partial charge in [-0.15, -0.1) is 6.58 Å². The summed E-state index contributed by atoms with van der Waals surface area (Å²) in [6.07, 6.45) is 3.65. The summed E-state index contributed by atoms with van der Waals surface area (Å²) in [5, 5.41) is 10.3. The molecule has 0 saturated carbocycles. The quantitative estimate of drug-likeness (QED) is 0.149. The number of allylic oxidation sites excluding steroid dienone is 1. The van der Waals surface area contributed by atoms with Crippen LogP contribution >= 0.6 is 11.8 Å². The molecule has 1 aliphatic heterocycles. The van der Waals surface area contributed by atoms with Gasteiger partial charge in [-0.2, -0.15) is 0 Å². The van der Waals surface area contributed by atoms with Crippen molar-refractivity contribution in [2.24, 2.45) is 0 Å². The first-order valence-electron chi connectivity index (χ1n) is 10.7. The summed E-state index contributed by atoms with van der Waals surface area (Å²) in [5.74, 6) is -0.432. The van der Waals surface area contributed by atoms with E-state index in [-0.39, 0.29) is 17.2 Å². The van der Waals surface area contributed by atoms with Crippen molar-refractivity contribution in [1.82, 2.24) is 4.90 Å². The highest BCUT2D eigenvalue weighted by atomic mass is 32.2. The molecule has 1 saturated heterocycles. The minimum atomic E-state index is -1.05. The lowest BCUT2D eigenvalue weighted by molar-refractivity contribution is -0.384. The summed E-state index contributed by atoms with van der Waals surface area (Å²) in [6, 6.07) is 8.42. The van der Waals surface area contributed by atoms with E-state index < -0.39 is 28.1 Å². The molecular weight excluding hydrogens is 488 g/mol. The van der Waals surface area contributed by atoms with Crippen LogP contribution in [-0.2, 0) is 27.4 Å². The molecule has 2 amide bonds. The molecule has 11 heteroatoms. The monoisotopic (exact) mass is 512 g/mol. The SMILES string of the molecule is C=CCc1cc(/C=C2/SC(=O)N([C@@H](C)C(=O)OC)C2=O)cc(OC)c1OCc1ccc([N+](=O)[O-])cc1. The molecule has 1 aliphatic rings. The molecule has 1 heterocycles. The smallest absolute Gasteiger partial charge is 0.328 e. The van der Waals surface area contributed by atoms with Crippen LogP contribution in [0.15, 0.2) is 54.0 Å². The molecule has 188 valence electrons. The van der Waals surface area contributed by atoms with Crippen molar-refractivity contribution in [1.29, 1.82) is 0 Å². The Kier molecular flexibility index (Phi) is 8.49. The Morgan fingerprint density at radius 3 is 2.50 bits per heavy atom. The Morgan fingerprint density at radius 2 is 1.92 bits per heavy atom. The van der Waals surface area contributed by atoms with Gasteiger partial charge in [-0.25, -0.2) is 4.79 Å². The third-order valence-corrected chi connectivity index (χ3v) is 6.20. The fourth-order valence-corrected chi connectivity index (χ4v) is 4.41. The Balaban J connectivity index is 1.89. The highest BCUT2D eigenvalue weighted by molar-refractivity contribution is 8.18. The summed E-state index contributed by atoms with van der Waals surface area (Å²) in [7, 11) is 2.66. The van der Waals surface area contributed by atoms with Gasteiger partial charge < -0.3 is 14.2 Å². The molecule has 0 spiro atoms. The zero-order valence-corrected chi connectivity index (χ0v) is 20.7. The topological polar surface area (TPSA) is 125 Å². The van der Waals surface area contributed by atoms with Crippen LogP contribution in [0.1, 0.15) is 23.6 Å². The Labute approximate surface area is 211 Å². The van der Waals surface area contributed by atoms with E-state index in [9.17, 15) is 24.5 Å². The standard InChI is InChI=1S/C25H24N2O8S/c1-5-6-18-11-17(13-21-23(28)26(25(30)36-21)15(2)24(29)34-4)12-20(33-3)22(18)35-14-16-7-9-19(10-8-16)27(31)32/h5,7-13,15H,1,6,14H2,2-4H3/b21-13+/t15-/m0/s1. The van der Waals surface area contributed by atoms with Crippen LogP contribution in [0.25, 0.3) is 6.08 Å². The first kappa shape index (κ1) is 26.5. The van der Waals surface area contributed by atoms with Crippen molar-refractivity contribution >= 4 is 40.6 Å². The number of hydrogen-bond donors (Lipinski definition) is 0. The number of carbonyl (C=O) groups excluding carboxylic acids is 3. The van der Waals surface area contributed by atoms with E-state index in [1.54, 1.807) is 36.4 Å². The van der Waals surface area contributed by atoms with Gasteiger partial charge in [0.2, 0.25) is 0 Å². The summed E-state index contributed by atoms with van der Waals surface area (Å²) < 4.78 is 16.2. The minimum Gasteiger partial charge on any atom is -0.493 e. The van der Waals surface area contributed by atoms with Crippen LogP contribution in [0.4, 0.5) is 10.5 Å². The van der Waals surface area contributed by atoms with Crippen LogP contribution in [0.3, 0.4) is 0 Å². The predicted octanol–water partition coefficient (Wildman–Crippen LogP) is 4.51. The summed E-state index contributed by atoms with van der Waals surface area (Å²) in [6.45, 7) is 5.34. The minimum absolute atomic E-state index is 0.0153. The third kappa shape index (κ3) is 5.74. The molecule has 36 heavy (non-hydrogen) atoms. The van der Waals surface area contributed by atoms with Crippen molar-refractivity contribution in [3.63, 3.8) is 0 Å². The van der Waals surface area contributed by atoms with Crippen molar-refractivity contribution in [3.8, 4) is 11.5 Å². The van der Waals surface area contributed by atoms with E-state index in [4.69, 9.17) is 9.47 Å². The summed E-state index contributed by atoms with van der Waals surface area (Å²) in [5.41, 5.74) is 2.02. The molecule has 2 aromatic carbocycles. The molecule has 0 unspecified atom stereocenters. The van der Waals surface area contributed by atoms with E-state index >= 15 is 0 Å². The van der Waals surface area contributed by atoms with Gasteiger partial charge in [-0.1, -0.05) is 6.08 Å². The molecule has 2 aromatic rings. The van der Waals surface area contributed by atoms with Gasteiger partial charge in [0.1, 0.15) is 12.6 Å². The summed E-state index contributed by atoms with van der Waals surface area (Å²) in [4.78, 5) is 48.5. The number of benzene rings is 2. The van der Waals surface area contributed by atoms with Crippen molar-refractivity contribution in [2.75, 3.05) is 14.2 Å². The van der Waals surface area contributed by atoms with Crippen LogP contribution in [-0.4, -0.2) is 47.2 Å². The van der Waals surface area contributed by atoms with E-state index in [1.807, 2.05) is 0 Å². The maximum absolute atomic E-state index is 12.8. The van der Waals surface area contributed by atoms with Crippen LogP contribution in [0.5, 0.6) is 11.5 Å². The van der Waals surface area contributed by atoms with Crippen molar-refractivity contribution < 1.29 is 33.5 Å². The second-order valence-corrected chi connectivity index (χ2v) is 8.66. The number of carbonyl (C=O) groups is 3. The lowest BCUT2D eigenvalue weighted by Gasteiger charge is -2.18. The zero-order chi connectivity index (χ0) is 26.4. The molecule has 10 nitrogen and oxygen atoms in total. The molecule has 0 radical (unpaired) electrons. The van der Waals surface area contributed by atoms with Gasteiger partial charge in [0.25, 0.3) is 16.8 Å². The molecule has 3 rings (SSSR count). The number of nitro benzene ring substituents is 1. The fourth-order valence-electron chi connectivity index (χ4n) is 3.50. The molecule has 1 fully saturated rings. The molecule has 0 N–H and O–H groups in total. The number of hydrogen-bond acceptors (Lipinski definition) is 9. The van der Waals surface area contributed by atoms with Crippen molar-refractivity contribution in [3.05, 3.63) is 80.8 Å². The molecule has 0 bridgehead atoms. The summed E-state index contributed by atoms with van der Waals surface area (Å²) >= 11 is 0.731. The fraction of sp³-hybridized carbons (Fsp3) is 0.240. The number of methoxy groups -OCH3 is 2. The number of nitrogens with zero attached hydrogens (tertiary/aromatic N) is 2. The number of imide groups is 1. The first-order chi connectivity index (χ1) is 17.2. The maximum atomic E-state index is 12.8. The zero-order valence-electron chi connectivity index (χ0n) is 19.9. The number of nitro groups is 1. The van der Waals surface area contributed by atoms with Crippen LogP contribution in [0, 0.1) is 10.1 Å². The second kappa shape index (κ2) is 11.5. The number of ether oxygens (including phenoxy) is 3. The van der Waals surface area contributed by atoms with Gasteiger partial charge in [-0.05, 0) is 66.6 Å². The van der Waals surface area contributed by atoms with Crippen LogP contribution in [0.2, 0.25) is 0 Å². The Morgan fingerprint density at radius 1 is 1.22 bits per heavy atom. The average Bonchev–Trinajstić information content (AvgIpc) is 3.14. The van der Waals surface area contributed by atoms with Gasteiger partial charge in [0.15, 0.2) is 11.5 Å². The molecule has 1 atom stereocenters. The van der Waals surface area contributed by atoms with E-state index in [1.165, 1.54) is 33.3 Å². The van der Waals surface area contributed by atoms with Gasteiger partial charge in [0, 0.05) is 17.7 Å². The first-order valence-corrected chi connectivity index (χ1v) is 11.5. The lowest BCUT2D eigenvalue weighted by atomic mass is 10.0. The normalized spacial score (nSPS) is 15.1. The Hall–Kier alpha value is -4.12. The third-order valence-electron chi connectivity index (χ3n) is 5.32. The van der Waals surface area contributed by atoms with Gasteiger partial charge in [-0.3, -0.25) is 24.6 Å². The second-order valence-electron chi connectivity index (χ2n) is 7.67. The van der Waals surface area contributed by atoms with Crippen molar-refractivity contribution in [2.45, 2.75) is 26.0 Å². The average molecular weight is 513 g/mol. The number of esters is 1. The lowest BCUT2D eigenvalue weighted by Crippen LogP contribution is -2.42. The van der Waals surface area contributed by atoms with Crippen LogP contribution < -0.4 is 9.47 Å². The highest BCUT2D eigenvalue weighted by Crippen LogP contribution is 2.38. The maximum Gasteiger partial charge on any atom is 0.328 e. The van der Waals surface area contributed by atoms with E-state index in [0.29, 0.717) is 23.5 Å². The molecular formula is C25H24N2O8S. The number of amides is 2. The highest BCUT2D eigenvalue weighted by Gasteiger charge is 2.41. The Bertz CT molecular complexity index is 1240. The van der Waals surface area contributed by atoms with E-state index in [2.05, 4.69) is 11.3 Å². The number of non-ortho nitro benzene ring substituents is 1. The molecule has 0 aliphatic carbocycles. The number of rotatable bonds is 10. The van der Waals surface area contributed by atoms with Gasteiger partial charge >= 0.3 is 5.97 Å². The molecule has 0 aromatic heterocycles. The van der Waals surface area contributed by atoms with E-state index in [0.717, 1.165) is 27.8 Å². The van der Waals surface area contributed by atoms with Gasteiger partial charge in [0.05, 0.1) is 24.0 Å². The number of thioether (sulfide) groups is 1.